The van der Waals surface area contributed by atoms with E-state index in [0.717, 1.165) is 16.9 Å². The number of benzene rings is 1. The van der Waals surface area contributed by atoms with Crippen LogP contribution < -0.4 is 5.32 Å². The van der Waals surface area contributed by atoms with Crippen LogP contribution in [-0.2, 0) is 9.59 Å². The van der Waals surface area contributed by atoms with Crippen LogP contribution in [0.2, 0.25) is 0 Å². The minimum Gasteiger partial charge on any atom is -0.341 e. The number of imide groups is 1. The Labute approximate surface area is 133 Å². The molecule has 1 aromatic rings. The number of amides is 4. The summed E-state index contributed by atoms with van der Waals surface area (Å²) in [7, 11) is 0. The second-order valence-electron chi connectivity index (χ2n) is 5.84. The van der Waals surface area contributed by atoms with Crippen LogP contribution in [0.3, 0.4) is 0 Å². The Balaban J connectivity index is 1.60. The van der Waals surface area contributed by atoms with Crippen LogP contribution in [0.15, 0.2) is 24.3 Å². The molecule has 7 heteroatoms. The van der Waals surface area contributed by atoms with Crippen molar-refractivity contribution in [3.05, 3.63) is 35.6 Å². The van der Waals surface area contributed by atoms with Gasteiger partial charge in [0.05, 0.1) is 0 Å². The van der Waals surface area contributed by atoms with Gasteiger partial charge in [-0.15, -0.1) is 0 Å². The minimum absolute atomic E-state index is 0.158. The minimum atomic E-state index is -0.510. The molecule has 0 bridgehead atoms. The van der Waals surface area contributed by atoms with E-state index in [-0.39, 0.29) is 36.5 Å². The Bertz CT molecular complexity index is 616. The molecule has 0 unspecified atom stereocenters. The van der Waals surface area contributed by atoms with Gasteiger partial charge in [-0.1, -0.05) is 12.1 Å². The highest BCUT2D eigenvalue weighted by molar-refractivity contribution is 6.00. The van der Waals surface area contributed by atoms with E-state index in [1.54, 1.807) is 17.0 Å². The molecule has 2 saturated heterocycles. The predicted molar refractivity (Wildman–Crippen MR) is 80.1 cm³/mol. The van der Waals surface area contributed by atoms with Gasteiger partial charge in [-0.25, -0.2) is 9.18 Å². The molecule has 1 N–H and O–H groups in total. The average molecular weight is 319 g/mol. The van der Waals surface area contributed by atoms with Crippen LogP contribution in [0.4, 0.5) is 9.18 Å². The van der Waals surface area contributed by atoms with E-state index in [1.807, 2.05) is 0 Å². The molecule has 122 valence electrons. The van der Waals surface area contributed by atoms with Crippen LogP contribution in [0.1, 0.15) is 24.3 Å². The molecule has 4 amide bonds. The molecule has 2 aliphatic rings. The third-order valence-electron chi connectivity index (χ3n) is 4.34. The fourth-order valence-electron chi connectivity index (χ4n) is 3.01. The van der Waals surface area contributed by atoms with Gasteiger partial charge in [0.2, 0.25) is 11.8 Å². The summed E-state index contributed by atoms with van der Waals surface area (Å²) in [6.07, 6.45) is 1.01. The quantitative estimate of drug-likeness (QED) is 0.906. The number of nitrogens with zero attached hydrogens (tertiary/aromatic N) is 2. The maximum atomic E-state index is 13.0. The van der Waals surface area contributed by atoms with Crippen molar-refractivity contribution in [1.29, 1.82) is 0 Å². The van der Waals surface area contributed by atoms with Crippen molar-refractivity contribution in [2.24, 2.45) is 0 Å². The maximum absolute atomic E-state index is 13.0. The Kier molecular flexibility index (Phi) is 4.27. The SMILES string of the molecule is O=C(CN1C(=O)CCNC1=O)N1CC[C@H](c2ccc(F)cc2)C1. The van der Waals surface area contributed by atoms with E-state index in [0.29, 0.717) is 19.6 Å². The third-order valence-corrected chi connectivity index (χ3v) is 4.34. The number of urea groups is 1. The van der Waals surface area contributed by atoms with Gasteiger partial charge in [-0.05, 0) is 24.1 Å². The Morgan fingerprint density at radius 1 is 1.26 bits per heavy atom. The van der Waals surface area contributed by atoms with Gasteiger partial charge in [0.1, 0.15) is 12.4 Å². The monoisotopic (exact) mass is 319 g/mol. The molecule has 0 spiro atoms. The van der Waals surface area contributed by atoms with Gasteiger partial charge >= 0.3 is 6.03 Å². The first-order chi connectivity index (χ1) is 11.0. The Morgan fingerprint density at radius 2 is 2.00 bits per heavy atom. The van der Waals surface area contributed by atoms with Crippen molar-refractivity contribution in [3.63, 3.8) is 0 Å². The molecule has 2 aliphatic heterocycles. The smallest absolute Gasteiger partial charge is 0.324 e. The second-order valence-corrected chi connectivity index (χ2v) is 5.84. The van der Waals surface area contributed by atoms with E-state index in [4.69, 9.17) is 0 Å². The van der Waals surface area contributed by atoms with E-state index in [2.05, 4.69) is 5.32 Å². The van der Waals surface area contributed by atoms with Gasteiger partial charge in [0.25, 0.3) is 0 Å². The molecule has 23 heavy (non-hydrogen) atoms. The molecule has 2 fully saturated rings. The number of hydrogen-bond donors (Lipinski definition) is 1. The number of halogens is 1. The second kappa shape index (κ2) is 6.36. The van der Waals surface area contributed by atoms with Crippen LogP contribution in [0.25, 0.3) is 0 Å². The predicted octanol–water partition coefficient (Wildman–Crippen LogP) is 1.08. The molecule has 0 aromatic heterocycles. The van der Waals surface area contributed by atoms with Gasteiger partial charge in [0, 0.05) is 32.0 Å². The zero-order chi connectivity index (χ0) is 16.4. The van der Waals surface area contributed by atoms with Gasteiger partial charge in [-0.3, -0.25) is 14.5 Å². The normalized spacial score (nSPS) is 21.5. The first-order valence-corrected chi connectivity index (χ1v) is 7.66. The summed E-state index contributed by atoms with van der Waals surface area (Å²) in [6, 6.07) is 5.78. The molecule has 0 saturated carbocycles. The third kappa shape index (κ3) is 3.33. The summed E-state index contributed by atoms with van der Waals surface area (Å²) in [5.41, 5.74) is 0.994. The summed E-state index contributed by atoms with van der Waals surface area (Å²) in [4.78, 5) is 38.3. The van der Waals surface area contributed by atoms with Crippen molar-refractivity contribution < 1.29 is 18.8 Å². The van der Waals surface area contributed by atoms with Gasteiger partial charge in [-0.2, -0.15) is 0 Å². The average Bonchev–Trinajstić information content (AvgIpc) is 3.02. The van der Waals surface area contributed by atoms with Crippen LogP contribution >= 0.6 is 0 Å². The molecular formula is C16H18FN3O3. The van der Waals surface area contributed by atoms with Crippen molar-refractivity contribution in [3.8, 4) is 0 Å². The van der Waals surface area contributed by atoms with Gasteiger partial charge < -0.3 is 10.2 Å². The first-order valence-electron chi connectivity index (χ1n) is 7.66. The maximum Gasteiger partial charge on any atom is 0.324 e. The lowest BCUT2D eigenvalue weighted by molar-refractivity contribution is -0.138. The molecule has 6 nitrogen and oxygen atoms in total. The lowest BCUT2D eigenvalue weighted by atomic mass is 9.99. The van der Waals surface area contributed by atoms with Crippen LogP contribution in [0.5, 0.6) is 0 Å². The van der Waals surface area contributed by atoms with Crippen molar-refractivity contribution in [2.75, 3.05) is 26.2 Å². The zero-order valence-corrected chi connectivity index (χ0v) is 12.6. The first kappa shape index (κ1) is 15.5. The van der Waals surface area contributed by atoms with Crippen molar-refractivity contribution in [1.82, 2.24) is 15.1 Å². The van der Waals surface area contributed by atoms with Gasteiger partial charge in [0.15, 0.2) is 0 Å². The summed E-state index contributed by atoms with van der Waals surface area (Å²) < 4.78 is 13.0. The zero-order valence-electron chi connectivity index (χ0n) is 12.6. The van der Waals surface area contributed by atoms with E-state index in [9.17, 15) is 18.8 Å². The lowest BCUT2D eigenvalue weighted by Crippen LogP contribution is -2.53. The molecule has 0 radical (unpaired) electrons. The number of carbonyl (C=O) groups excluding carboxylic acids is 3. The van der Waals surface area contributed by atoms with Crippen molar-refractivity contribution >= 4 is 17.8 Å². The highest BCUT2D eigenvalue weighted by Gasteiger charge is 2.32. The standard InChI is InChI=1S/C16H18FN3O3/c17-13-3-1-11(2-4-13)12-6-8-19(9-12)15(22)10-20-14(21)5-7-18-16(20)23/h1-4,12H,5-10H2,(H,18,23)/t12-/m0/s1. The molecular weight excluding hydrogens is 301 g/mol. The van der Waals surface area contributed by atoms with Crippen LogP contribution in [-0.4, -0.2) is 53.8 Å². The largest absolute Gasteiger partial charge is 0.341 e. The number of carbonyl (C=O) groups is 3. The van der Waals surface area contributed by atoms with E-state index in [1.165, 1.54) is 12.1 Å². The highest BCUT2D eigenvalue weighted by Crippen LogP contribution is 2.27. The summed E-state index contributed by atoms with van der Waals surface area (Å²) >= 11 is 0. The molecule has 2 heterocycles. The highest BCUT2D eigenvalue weighted by atomic mass is 19.1. The number of hydrogen-bond acceptors (Lipinski definition) is 3. The molecule has 3 rings (SSSR count). The van der Waals surface area contributed by atoms with E-state index < -0.39 is 6.03 Å². The fourth-order valence-corrected chi connectivity index (χ4v) is 3.01. The van der Waals surface area contributed by atoms with Crippen LogP contribution in [0, 0.1) is 5.82 Å². The summed E-state index contributed by atoms with van der Waals surface area (Å²) in [6.45, 7) is 1.19. The Hall–Kier alpha value is -2.44. The fraction of sp³-hybridized carbons (Fsp3) is 0.438. The van der Waals surface area contributed by atoms with Crippen molar-refractivity contribution in [2.45, 2.75) is 18.8 Å². The number of nitrogens with one attached hydrogen (secondary N) is 1. The summed E-state index contributed by atoms with van der Waals surface area (Å²) in [5.74, 6) is -0.684. The number of rotatable bonds is 3. The lowest BCUT2D eigenvalue weighted by Gasteiger charge is -2.27. The summed E-state index contributed by atoms with van der Waals surface area (Å²) in [5, 5.41) is 2.56. The molecule has 1 aromatic carbocycles. The molecule has 1 atom stereocenters. The van der Waals surface area contributed by atoms with E-state index >= 15 is 0 Å². The molecule has 0 aliphatic carbocycles. The topological polar surface area (TPSA) is 69.7 Å². The Morgan fingerprint density at radius 3 is 2.70 bits per heavy atom. The number of likely N-dealkylation sites (tertiary alicyclic amines) is 1.